The Bertz CT molecular complexity index is 1080. The molecule has 5 nitrogen and oxygen atoms in total. The van der Waals surface area contributed by atoms with Crippen LogP contribution in [0.4, 0.5) is 0 Å². The number of phenolic OH excluding ortho intramolecular Hbond substituents is 2. The lowest BCUT2D eigenvalue weighted by molar-refractivity contribution is 0.104. The smallest absolute Gasteiger partial charge is 0.189 e. The molecule has 5 heteroatoms. The van der Waals surface area contributed by atoms with Crippen LogP contribution >= 0.6 is 0 Å². The van der Waals surface area contributed by atoms with Crippen LogP contribution in [0.2, 0.25) is 0 Å². The Labute approximate surface area is 175 Å². The molecule has 0 heterocycles. The number of aromatic hydroxyl groups is 2. The topological polar surface area (TPSA) is 76.0 Å². The molecule has 0 saturated carbocycles. The number of hydrogen-bond donors (Lipinski definition) is 2. The Hall–Kier alpha value is -3.99. The lowest BCUT2D eigenvalue weighted by Crippen LogP contribution is -1.95. The molecule has 0 amide bonds. The molecule has 0 aliphatic carbocycles. The summed E-state index contributed by atoms with van der Waals surface area (Å²) < 4.78 is 10.4. The van der Waals surface area contributed by atoms with Gasteiger partial charge in [-0.1, -0.05) is 30.3 Å². The molecule has 0 bridgehead atoms. The Morgan fingerprint density at radius 1 is 0.800 bits per heavy atom. The highest BCUT2D eigenvalue weighted by molar-refractivity contribution is 6.08. The van der Waals surface area contributed by atoms with Crippen LogP contribution in [0.5, 0.6) is 23.0 Å². The molecule has 0 aliphatic rings. The van der Waals surface area contributed by atoms with E-state index in [0.717, 1.165) is 28.2 Å². The van der Waals surface area contributed by atoms with Crippen molar-refractivity contribution in [3.63, 3.8) is 0 Å². The maximum absolute atomic E-state index is 12.6. The summed E-state index contributed by atoms with van der Waals surface area (Å²) in [6.45, 7) is 0. The number of carbonyl (C=O) groups is 1. The zero-order valence-electron chi connectivity index (χ0n) is 16.7. The van der Waals surface area contributed by atoms with Crippen molar-refractivity contribution < 1.29 is 24.5 Å². The van der Waals surface area contributed by atoms with Gasteiger partial charge in [0, 0.05) is 0 Å². The summed E-state index contributed by atoms with van der Waals surface area (Å²) in [4.78, 5) is 12.6. The molecule has 152 valence electrons. The molecule has 30 heavy (non-hydrogen) atoms. The first-order chi connectivity index (χ1) is 14.5. The van der Waals surface area contributed by atoms with Gasteiger partial charge in [-0.25, -0.2) is 0 Å². The van der Waals surface area contributed by atoms with Crippen molar-refractivity contribution in [2.24, 2.45) is 0 Å². The van der Waals surface area contributed by atoms with E-state index < -0.39 is 5.78 Å². The number of methoxy groups -OCH3 is 2. The normalized spacial score (nSPS) is 11.5. The largest absolute Gasteiger partial charge is 0.508 e. The van der Waals surface area contributed by atoms with Gasteiger partial charge in [0.05, 0.1) is 19.8 Å². The van der Waals surface area contributed by atoms with Crippen LogP contribution in [0.25, 0.3) is 11.6 Å². The molecule has 2 N–H and O–H groups in total. The Balaban J connectivity index is 1.97. The SMILES string of the molecule is COc1ccc(/C=C(\C=C\C(=O)c2cc(O)ccc2O)c2ccc(OC)cc2)cc1. The summed E-state index contributed by atoms with van der Waals surface area (Å²) in [7, 11) is 3.21. The lowest BCUT2D eigenvalue weighted by Gasteiger charge is -2.07. The van der Waals surface area contributed by atoms with E-state index in [1.807, 2.05) is 54.6 Å². The monoisotopic (exact) mass is 402 g/mol. The van der Waals surface area contributed by atoms with E-state index in [0.29, 0.717) is 0 Å². The first kappa shape index (κ1) is 20.7. The number of phenols is 2. The molecule has 0 fully saturated rings. The number of rotatable bonds is 7. The fourth-order valence-electron chi connectivity index (χ4n) is 2.87. The number of carbonyl (C=O) groups excluding carboxylic acids is 1. The van der Waals surface area contributed by atoms with E-state index in [9.17, 15) is 15.0 Å². The molecule has 0 unspecified atom stereocenters. The standard InChI is InChI=1S/C25H22O5/c1-29-21-9-3-17(4-10-21)15-19(18-5-11-22(30-2)12-6-18)7-13-24(27)23-16-20(26)8-14-25(23)28/h3-16,26,28H,1-2H3/b13-7+,19-15+. The molecule has 0 aliphatic heterocycles. The van der Waals surface area contributed by atoms with Gasteiger partial charge < -0.3 is 19.7 Å². The molecule has 0 radical (unpaired) electrons. The van der Waals surface area contributed by atoms with Crippen molar-refractivity contribution in [2.75, 3.05) is 14.2 Å². The minimum Gasteiger partial charge on any atom is -0.508 e. The van der Waals surface area contributed by atoms with Gasteiger partial charge in [-0.15, -0.1) is 0 Å². The molecule has 3 aromatic rings. The third-order valence-electron chi connectivity index (χ3n) is 4.52. The maximum Gasteiger partial charge on any atom is 0.189 e. The minimum absolute atomic E-state index is 0.0322. The van der Waals surface area contributed by atoms with Crippen molar-refractivity contribution in [3.8, 4) is 23.0 Å². The molecule has 3 aromatic carbocycles. The molecule has 0 atom stereocenters. The second-order valence-corrected chi connectivity index (χ2v) is 6.50. The number of ether oxygens (including phenoxy) is 2. The highest BCUT2D eigenvalue weighted by Gasteiger charge is 2.10. The predicted octanol–water partition coefficient (Wildman–Crippen LogP) is 5.09. The summed E-state index contributed by atoms with van der Waals surface area (Å²) in [6.07, 6.45) is 4.99. The van der Waals surface area contributed by atoms with Crippen molar-refractivity contribution in [1.29, 1.82) is 0 Å². The summed E-state index contributed by atoms with van der Waals surface area (Å²) in [5, 5.41) is 19.5. The van der Waals surface area contributed by atoms with E-state index in [1.54, 1.807) is 20.3 Å². The van der Waals surface area contributed by atoms with Gasteiger partial charge in [0.1, 0.15) is 23.0 Å². The third-order valence-corrected chi connectivity index (χ3v) is 4.52. The van der Waals surface area contributed by atoms with Gasteiger partial charge in [0.15, 0.2) is 5.78 Å². The zero-order valence-corrected chi connectivity index (χ0v) is 16.7. The second kappa shape index (κ2) is 9.47. The fourth-order valence-corrected chi connectivity index (χ4v) is 2.87. The van der Waals surface area contributed by atoms with Crippen LogP contribution in [-0.4, -0.2) is 30.2 Å². The van der Waals surface area contributed by atoms with Crippen LogP contribution in [0.1, 0.15) is 21.5 Å². The average Bonchev–Trinajstić information content (AvgIpc) is 2.78. The van der Waals surface area contributed by atoms with Crippen LogP contribution in [0.3, 0.4) is 0 Å². The fraction of sp³-hybridized carbons (Fsp3) is 0.0800. The summed E-state index contributed by atoms with van der Waals surface area (Å²) in [5.41, 5.74) is 2.63. The van der Waals surface area contributed by atoms with Gasteiger partial charge in [0.2, 0.25) is 0 Å². The van der Waals surface area contributed by atoms with Crippen molar-refractivity contribution >= 4 is 17.4 Å². The minimum atomic E-state index is -0.419. The maximum atomic E-state index is 12.6. The number of hydrogen-bond acceptors (Lipinski definition) is 5. The average molecular weight is 402 g/mol. The zero-order chi connectivity index (χ0) is 21.5. The summed E-state index contributed by atoms with van der Waals surface area (Å²) in [5.74, 6) is 0.786. The van der Waals surface area contributed by atoms with Gasteiger partial charge in [-0.05, 0) is 71.3 Å². The van der Waals surface area contributed by atoms with Crippen molar-refractivity contribution in [3.05, 3.63) is 95.6 Å². The van der Waals surface area contributed by atoms with E-state index in [-0.39, 0.29) is 17.1 Å². The molecule has 0 saturated heterocycles. The van der Waals surface area contributed by atoms with E-state index in [2.05, 4.69) is 0 Å². The Morgan fingerprint density at radius 3 is 2.00 bits per heavy atom. The summed E-state index contributed by atoms with van der Waals surface area (Å²) >= 11 is 0. The highest BCUT2D eigenvalue weighted by Crippen LogP contribution is 2.26. The van der Waals surface area contributed by atoms with E-state index in [1.165, 1.54) is 24.3 Å². The van der Waals surface area contributed by atoms with Gasteiger partial charge in [0.25, 0.3) is 0 Å². The third kappa shape index (κ3) is 5.08. The van der Waals surface area contributed by atoms with Crippen LogP contribution in [0, 0.1) is 0 Å². The van der Waals surface area contributed by atoms with Crippen molar-refractivity contribution in [2.45, 2.75) is 0 Å². The van der Waals surface area contributed by atoms with Gasteiger partial charge in [-0.3, -0.25) is 4.79 Å². The van der Waals surface area contributed by atoms with Gasteiger partial charge >= 0.3 is 0 Å². The number of benzene rings is 3. The van der Waals surface area contributed by atoms with Crippen LogP contribution < -0.4 is 9.47 Å². The van der Waals surface area contributed by atoms with Gasteiger partial charge in [-0.2, -0.15) is 0 Å². The molecule has 0 spiro atoms. The first-order valence-electron chi connectivity index (χ1n) is 9.24. The molecular formula is C25H22O5. The first-order valence-corrected chi connectivity index (χ1v) is 9.24. The quantitative estimate of drug-likeness (QED) is 0.189. The Kier molecular flexibility index (Phi) is 6.55. The van der Waals surface area contributed by atoms with E-state index in [4.69, 9.17) is 9.47 Å². The van der Waals surface area contributed by atoms with Crippen molar-refractivity contribution in [1.82, 2.24) is 0 Å². The second-order valence-electron chi connectivity index (χ2n) is 6.50. The Morgan fingerprint density at radius 2 is 1.40 bits per heavy atom. The predicted molar refractivity (Wildman–Crippen MR) is 117 cm³/mol. The number of allylic oxidation sites excluding steroid dienone is 3. The highest BCUT2D eigenvalue weighted by atomic mass is 16.5. The molecular weight excluding hydrogens is 380 g/mol. The number of ketones is 1. The van der Waals surface area contributed by atoms with E-state index >= 15 is 0 Å². The lowest BCUT2D eigenvalue weighted by atomic mass is 10.0. The summed E-state index contributed by atoms with van der Waals surface area (Å²) in [6, 6.07) is 18.9. The van der Waals surface area contributed by atoms with Crippen LogP contribution in [-0.2, 0) is 0 Å². The van der Waals surface area contributed by atoms with Crippen LogP contribution in [0.15, 0.2) is 78.9 Å². The molecule has 3 rings (SSSR count). The molecule has 0 aromatic heterocycles.